The summed E-state index contributed by atoms with van der Waals surface area (Å²) in [5.41, 5.74) is 0. The molecule has 1 aliphatic rings. The van der Waals surface area contributed by atoms with Gasteiger partial charge < -0.3 is 9.64 Å². The fourth-order valence-corrected chi connectivity index (χ4v) is 2.25. The van der Waals surface area contributed by atoms with Gasteiger partial charge in [-0.05, 0) is 38.3 Å². The van der Waals surface area contributed by atoms with Gasteiger partial charge in [0.1, 0.15) is 11.6 Å². The Morgan fingerprint density at radius 3 is 3.06 bits per heavy atom. The van der Waals surface area contributed by atoms with Crippen molar-refractivity contribution >= 4 is 5.91 Å². The molecule has 0 aromatic heterocycles. The van der Waals surface area contributed by atoms with Gasteiger partial charge >= 0.3 is 0 Å². The van der Waals surface area contributed by atoms with Crippen molar-refractivity contribution in [3.05, 3.63) is 30.1 Å². The zero-order valence-electron chi connectivity index (χ0n) is 10.6. The summed E-state index contributed by atoms with van der Waals surface area (Å²) in [6, 6.07) is 6.13. The van der Waals surface area contributed by atoms with Crippen LogP contribution in [0.25, 0.3) is 0 Å². The molecular weight excluding hydrogens is 233 g/mol. The summed E-state index contributed by atoms with van der Waals surface area (Å²) in [6.07, 6.45) is 3.28. The van der Waals surface area contributed by atoms with Gasteiger partial charge in [-0.2, -0.15) is 0 Å². The number of carbonyl (C=O) groups excluding carboxylic acids is 1. The Balaban J connectivity index is 1.88. The maximum absolute atomic E-state index is 12.9. The van der Waals surface area contributed by atoms with Crippen LogP contribution in [0.15, 0.2) is 24.3 Å². The number of likely N-dealkylation sites (tertiary alicyclic amines) is 1. The first-order valence-corrected chi connectivity index (χ1v) is 6.34. The van der Waals surface area contributed by atoms with Crippen LogP contribution >= 0.6 is 0 Å². The molecule has 1 fully saturated rings. The van der Waals surface area contributed by atoms with E-state index in [9.17, 15) is 9.18 Å². The van der Waals surface area contributed by atoms with E-state index in [0.29, 0.717) is 5.75 Å². The van der Waals surface area contributed by atoms with Crippen molar-refractivity contribution in [3.63, 3.8) is 0 Å². The Bertz CT molecular complexity index is 422. The van der Waals surface area contributed by atoms with Crippen LogP contribution in [0.5, 0.6) is 5.75 Å². The molecule has 1 aliphatic heterocycles. The Labute approximate surface area is 107 Å². The van der Waals surface area contributed by atoms with Crippen LogP contribution in [0.3, 0.4) is 0 Å². The highest BCUT2D eigenvalue weighted by Gasteiger charge is 2.23. The minimum Gasteiger partial charge on any atom is -0.484 e. The fraction of sp³-hybridized carbons (Fsp3) is 0.500. The van der Waals surface area contributed by atoms with E-state index in [-0.39, 0.29) is 24.4 Å². The van der Waals surface area contributed by atoms with Crippen LogP contribution in [0.2, 0.25) is 0 Å². The van der Waals surface area contributed by atoms with Crippen molar-refractivity contribution in [2.75, 3.05) is 13.2 Å². The molecule has 2 rings (SSSR count). The van der Waals surface area contributed by atoms with E-state index in [1.807, 2.05) is 4.90 Å². The molecule has 1 heterocycles. The van der Waals surface area contributed by atoms with E-state index in [1.165, 1.54) is 18.6 Å². The number of amides is 1. The van der Waals surface area contributed by atoms with E-state index in [4.69, 9.17) is 4.74 Å². The summed E-state index contributed by atoms with van der Waals surface area (Å²) in [4.78, 5) is 13.8. The third-order valence-electron chi connectivity index (χ3n) is 3.28. The van der Waals surface area contributed by atoms with E-state index in [2.05, 4.69) is 6.92 Å². The fourth-order valence-electron chi connectivity index (χ4n) is 2.25. The van der Waals surface area contributed by atoms with Gasteiger partial charge in [-0.15, -0.1) is 0 Å². The molecule has 98 valence electrons. The van der Waals surface area contributed by atoms with Crippen LogP contribution in [-0.2, 0) is 4.79 Å². The third-order valence-corrected chi connectivity index (χ3v) is 3.28. The van der Waals surface area contributed by atoms with Gasteiger partial charge in [-0.1, -0.05) is 6.07 Å². The molecule has 0 aliphatic carbocycles. The Hall–Kier alpha value is -1.58. The maximum atomic E-state index is 12.9. The molecule has 1 saturated heterocycles. The standard InChI is InChI=1S/C14H18FNO2/c1-11-5-2-3-8-16(11)14(17)10-18-13-7-4-6-12(15)9-13/h4,6-7,9,11H,2-3,5,8,10H2,1H3. The van der Waals surface area contributed by atoms with Gasteiger partial charge in [-0.25, -0.2) is 4.39 Å². The van der Waals surface area contributed by atoms with Gasteiger partial charge in [0.15, 0.2) is 6.61 Å². The molecule has 4 heteroatoms. The summed E-state index contributed by atoms with van der Waals surface area (Å²) >= 11 is 0. The first-order chi connectivity index (χ1) is 8.66. The molecule has 0 bridgehead atoms. The van der Waals surface area contributed by atoms with Crippen molar-refractivity contribution in [2.24, 2.45) is 0 Å². The smallest absolute Gasteiger partial charge is 0.260 e. The molecule has 1 aromatic carbocycles. The summed E-state index contributed by atoms with van der Waals surface area (Å²) < 4.78 is 18.3. The van der Waals surface area contributed by atoms with E-state index >= 15 is 0 Å². The first-order valence-electron chi connectivity index (χ1n) is 6.34. The second kappa shape index (κ2) is 5.85. The molecule has 1 aromatic rings. The predicted octanol–water partition coefficient (Wildman–Crippen LogP) is 2.61. The topological polar surface area (TPSA) is 29.5 Å². The second-order valence-electron chi connectivity index (χ2n) is 4.68. The van der Waals surface area contributed by atoms with Crippen molar-refractivity contribution in [3.8, 4) is 5.75 Å². The molecular formula is C14H18FNO2. The molecule has 1 unspecified atom stereocenters. The highest BCUT2D eigenvalue weighted by molar-refractivity contribution is 5.78. The van der Waals surface area contributed by atoms with Crippen LogP contribution in [0.1, 0.15) is 26.2 Å². The minimum atomic E-state index is -0.355. The molecule has 1 amide bonds. The first kappa shape index (κ1) is 12.9. The molecule has 0 N–H and O–H groups in total. The van der Waals surface area contributed by atoms with Crippen molar-refractivity contribution < 1.29 is 13.9 Å². The largest absolute Gasteiger partial charge is 0.484 e. The number of carbonyl (C=O) groups is 1. The lowest BCUT2D eigenvalue weighted by molar-refractivity contribution is -0.136. The number of piperidine rings is 1. The summed E-state index contributed by atoms with van der Waals surface area (Å²) in [7, 11) is 0. The molecule has 0 spiro atoms. The summed E-state index contributed by atoms with van der Waals surface area (Å²) in [5, 5.41) is 0. The van der Waals surface area contributed by atoms with E-state index < -0.39 is 0 Å². The maximum Gasteiger partial charge on any atom is 0.260 e. The van der Waals surface area contributed by atoms with Gasteiger partial charge in [0.25, 0.3) is 5.91 Å². The number of hydrogen-bond donors (Lipinski definition) is 0. The van der Waals surface area contributed by atoms with Gasteiger partial charge in [-0.3, -0.25) is 4.79 Å². The number of rotatable bonds is 3. The van der Waals surface area contributed by atoms with E-state index in [0.717, 1.165) is 19.4 Å². The lowest BCUT2D eigenvalue weighted by atomic mass is 10.0. The third kappa shape index (κ3) is 3.22. The Morgan fingerprint density at radius 1 is 1.50 bits per heavy atom. The molecule has 3 nitrogen and oxygen atoms in total. The van der Waals surface area contributed by atoms with Crippen LogP contribution < -0.4 is 4.74 Å². The molecule has 18 heavy (non-hydrogen) atoms. The van der Waals surface area contributed by atoms with Gasteiger partial charge in [0.05, 0.1) is 0 Å². The van der Waals surface area contributed by atoms with Gasteiger partial charge in [0.2, 0.25) is 0 Å². The lowest BCUT2D eigenvalue weighted by Crippen LogP contribution is -2.44. The normalized spacial score (nSPS) is 19.7. The second-order valence-corrected chi connectivity index (χ2v) is 4.68. The number of halogens is 1. The molecule has 1 atom stereocenters. The van der Waals surface area contributed by atoms with Crippen molar-refractivity contribution in [1.29, 1.82) is 0 Å². The number of hydrogen-bond acceptors (Lipinski definition) is 2. The monoisotopic (exact) mass is 251 g/mol. The van der Waals surface area contributed by atoms with Gasteiger partial charge in [0, 0.05) is 18.7 Å². The SMILES string of the molecule is CC1CCCCN1C(=O)COc1cccc(F)c1. The predicted molar refractivity (Wildman–Crippen MR) is 66.9 cm³/mol. The Morgan fingerprint density at radius 2 is 2.33 bits per heavy atom. The zero-order valence-corrected chi connectivity index (χ0v) is 10.6. The van der Waals surface area contributed by atoms with Crippen molar-refractivity contribution in [2.45, 2.75) is 32.2 Å². The molecule has 0 radical (unpaired) electrons. The zero-order chi connectivity index (χ0) is 13.0. The van der Waals surface area contributed by atoms with Crippen LogP contribution in [-0.4, -0.2) is 30.0 Å². The van der Waals surface area contributed by atoms with Crippen LogP contribution in [0.4, 0.5) is 4.39 Å². The minimum absolute atomic E-state index is 0.0200. The van der Waals surface area contributed by atoms with E-state index in [1.54, 1.807) is 12.1 Å². The average molecular weight is 251 g/mol. The number of ether oxygens (including phenoxy) is 1. The quantitative estimate of drug-likeness (QED) is 0.826. The number of nitrogens with zero attached hydrogens (tertiary/aromatic N) is 1. The Kier molecular flexibility index (Phi) is 4.18. The van der Waals surface area contributed by atoms with Crippen molar-refractivity contribution in [1.82, 2.24) is 4.90 Å². The highest BCUT2D eigenvalue weighted by Crippen LogP contribution is 2.17. The van der Waals surface area contributed by atoms with Crippen LogP contribution in [0, 0.1) is 5.82 Å². The molecule has 0 saturated carbocycles. The summed E-state index contributed by atoms with van der Waals surface area (Å²) in [6.45, 7) is 2.83. The highest BCUT2D eigenvalue weighted by atomic mass is 19.1. The summed E-state index contributed by atoms with van der Waals surface area (Å²) in [5.74, 6) is 0.0192. The lowest BCUT2D eigenvalue weighted by Gasteiger charge is -2.33. The number of benzene rings is 1. The average Bonchev–Trinajstić information content (AvgIpc) is 2.37.